The lowest BCUT2D eigenvalue weighted by Gasteiger charge is -2.38. The Balaban J connectivity index is 1.26. The second-order valence-electron chi connectivity index (χ2n) is 8.37. The molecule has 0 bridgehead atoms. The van der Waals surface area contributed by atoms with E-state index in [9.17, 15) is 9.59 Å². The fraction of sp³-hybridized carbons (Fsp3) is 0.905. The fourth-order valence-electron chi connectivity index (χ4n) is 4.98. The smallest absolute Gasteiger partial charge is 0.223 e. The molecule has 4 fully saturated rings. The van der Waals surface area contributed by atoms with Crippen molar-refractivity contribution in [2.75, 3.05) is 39.5 Å². The molecule has 4 saturated heterocycles. The zero-order chi connectivity index (χ0) is 20.1. The maximum Gasteiger partial charge on any atom is 0.223 e. The Morgan fingerprint density at radius 1 is 0.655 bits per heavy atom. The maximum atomic E-state index is 12.8. The average Bonchev–Trinajstić information content (AvgIpc) is 3.48. The molecule has 8 heteroatoms. The molecular weight excluding hydrogens is 376 g/mol. The Kier molecular flexibility index (Phi) is 7.39. The van der Waals surface area contributed by atoms with E-state index in [-0.39, 0.29) is 36.5 Å². The van der Waals surface area contributed by atoms with Crippen LogP contribution in [0.3, 0.4) is 0 Å². The van der Waals surface area contributed by atoms with E-state index >= 15 is 0 Å². The van der Waals surface area contributed by atoms with Crippen molar-refractivity contribution >= 4 is 11.8 Å². The van der Waals surface area contributed by atoms with Crippen LogP contribution in [0.2, 0.25) is 0 Å². The quantitative estimate of drug-likeness (QED) is 0.663. The second-order valence-corrected chi connectivity index (χ2v) is 8.37. The summed E-state index contributed by atoms with van der Waals surface area (Å²) in [4.78, 5) is 29.5. The zero-order valence-corrected chi connectivity index (χ0v) is 17.3. The molecule has 0 aromatic heterocycles. The molecule has 0 aliphatic carbocycles. The molecule has 0 N–H and O–H groups in total. The Bertz CT molecular complexity index is 513. The van der Waals surface area contributed by atoms with Gasteiger partial charge in [0.2, 0.25) is 11.8 Å². The third kappa shape index (κ3) is 5.10. The largest absolute Gasteiger partial charge is 0.348 e. The molecule has 0 aromatic carbocycles. The third-order valence-electron chi connectivity index (χ3n) is 6.44. The van der Waals surface area contributed by atoms with Crippen molar-refractivity contribution in [3.63, 3.8) is 0 Å². The molecule has 4 aliphatic rings. The van der Waals surface area contributed by atoms with Crippen molar-refractivity contribution in [3.05, 3.63) is 0 Å². The van der Waals surface area contributed by atoms with E-state index in [1.165, 1.54) is 0 Å². The summed E-state index contributed by atoms with van der Waals surface area (Å²) < 4.78 is 22.6. The summed E-state index contributed by atoms with van der Waals surface area (Å²) in [6, 6.07) is 0.0233. The van der Waals surface area contributed by atoms with Crippen LogP contribution in [-0.2, 0) is 28.5 Å². The van der Waals surface area contributed by atoms with Crippen molar-refractivity contribution < 1.29 is 28.5 Å². The SMILES string of the molecule is O=C(CCCC(=O)N1CCCCC1C1OCCO1)N1CCCCC1C1OCCO1. The van der Waals surface area contributed by atoms with Crippen LogP contribution in [0, 0.1) is 0 Å². The van der Waals surface area contributed by atoms with Gasteiger partial charge in [-0.15, -0.1) is 0 Å². The summed E-state index contributed by atoms with van der Waals surface area (Å²) in [5.41, 5.74) is 0. The van der Waals surface area contributed by atoms with E-state index in [0.29, 0.717) is 45.7 Å². The number of piperidine rings is 2. The molecule has 164 valence electrons. The number of carbonyl (C=O) groups excluding carboxylic acids is 2. The van der Waals surface area contributed by atoms with Gasteiger partial charge >= 0.3 is 0 Å². The third-order valence-corrected chi connectivity index (χ3v) is 6.44. The van der Waals surface area contributed by atoms with Gasteiger partial charge in [0, 0.05) is 25.9 Å². The van der Waals surface area contributed by atoms with Gasteiger partial charge in [0.15, 0.2) is 12.6 Å². The number of rotatable bonds is 6. The average molecular weight is 411 g/mol. The number of likely N-dealkylation sites (tertiary alicyclic amines) is 2. The molecule has 29 heavy (non-hydrogen) atoms. The fourth-order valence-corrected chi connectivity index (χ4v) is 4.98. The van der Waals surface area contributed by atoms with Crippen LogP contribution in [0.25, 0.3) is 0 Å². The van der Waals surface area contributed by atoms with Crippen LogP contribution >= 0.6 is 0 Å². The molecule has 2 atom stereocenters. The van der Waals surface area contributed by atoms with Gasteiger partial charge in [-0.05, 0) is 44.9 Å². The Hall–Kier alpha value is -1.22. The summed E-state index contributed by atoms with van der Waals surface area (Å²) in [5.74, 6) is 0.221. The monoisotopic (exact) mass is 410 g/mol. The predicted molar refractivity (Wildman–Crippen MR) is 104 cm³/mol. The van der Waals surface area contributed by atoms with Gasteiger partial charge < -0.3 is 28.7 Å². The van der Waals surface area contributed by atoms with Gasteiger partial charge in [-0.3, -0.25) is 9.59 Å². The van der Waals surface area contributed by atoms with Crippen molar-refractivity contribution in [3.8, 4) is 0 Å². The molecule has 4 heterocycles. The number of hydrogen-bond acceptors (Lipinski definition) is 6. The molecule has 4 aliphatic heterocycles. The van der Waals surface area contributed by atoms with Crippen molar-refractivity contribution in [1.82, 2.24) is 9.80 Å². The van der Waals surface area contributed by atoms with Gasteiger partial charge in [-0.25, -0.2) is 0 Å². The Labute approximate surface area is 172 Å². The van der Waals surface area contributed by atoms with Crippen LogP contribution in [-0.4, -0.2) is 85.8 Å². The van der Waals surface area contributed by atoms with E-state index < -0.39 is 0 Å². The van der Waals surface area contributed by atoms with Crippen molar-refractivity contribution in [1.29, 1.82) is 0 Å². The summed E-state index contributed by atoms with van der Waals surface area (Å²) >= 11 is 0. The lowest BCUT2D eigenvalue weighted by atomic mass is 9.99. The molecule has 8 nitrogen and oxygen atoms in total. The minimum atomic E-state index is -0.290. The van der Waals surface area contributed by atoms with Crippen LogP contribution in [0.4, 0.5) is 0 Å². The first kappa shape index (κ1) is 21.0. The molecule has 2 amide bonds. The topological polar surface area (TPSA) is 77.5 Å². The molecule has 4 rings (SSSR count). The summed E-state index contributed by atoms with van der Waals surface area (Å²) in [7, 11) is 0. The van der Waals surface area contributed by atoms with Gasteiger partial charge in [0.25, 0.3) is 0 Å². The van der Waals surface area contributed by atoms with Crippen LogP contribution < -0.4 is 0 Å². The van der Waals surface area contributed by atoms with Crippen LogP contribution in [0.1, 0.15) is 57.8 Å². The van der Waals surface area contributed by atoms with Crippen LogP contribution in [0.5, 0.6) is 0 Å². The summed E-state index contributed by atoms with van der Waals surface area (Å²) in [5, 5.41) is 0. The first-order valence-corrected chi connectivity index (χ1v) is 11.3. The first-order valence-electron chi connectivity index (χ1n) is 11.3. The number of nitrogens with zero attached hydrogens (tertiary/aromatic N) is 2. The summed E-state index contributed by atoms with van der Waals surface area (Å²) in [6.45, 7) is 3.91. The molecule has 0 radical (unpaired) electrons. The maximum absolute atomic E-state index is 12.8. The molecule has 0 spiro atoms. The number of carbonyl (C=O) groups is 2. The van der Waals surface area contributed by atoms with E-state index in [1.807, 2.05) is 9.80 Å². The molecule has 0 aromatic rings. The standard InChI is InChI=1S/C21H34N2O6/c24-18(22-10-3-1-6-16(22)20-26-12-13-27-20)8-5-9-19(25)23-11-4-2-7-17(23)21-28-14-15-29-21/h16-17,20-21H,1-15H2. The highest BCUT2D eigenvalue weighted by molar-refractivity contribution is 5.79. The van der Waals surface area contributed by atoms with Gasteiger partial charge in [0.05, 0.1) is 38.5 Å². The number of ether oxygens (including phenoxy) is 4. The molecule has 2 unspecified atom stereocenters. The first-order chi connectivity index (χ1) is 14.2. The normalized spacial score (nSPS) is 29.5. The van der Waals surface area contributed by atoms with Gasteiger partial charge in [0.1, 0.15) is 0 Å². The van der Waals surface area contributed by atoms with Gasteiger partial charge in [-0.1, -0.05) is 0 Å². The van der Waals surface area contributed by atoms with E-state index in [0.717, 1.165) is 51.6 Å². The highest BCUT2D eigenvalue weighted by Crippen LogP contribution is 2.27. The van der Waals surface area contributed by atoms with Gasteiger partial charge in [-0.2, -0.15) is 0 Å². The number of amides is 2. The van der Waals surface area contributed by atoms with E-state index in [2.05, 4.69) is 0 Å². The zero-order valence-electron chi connectivity index (χ0n) is 17.3. The Morgan fingerprint density at radius 3 is 1.48 bits per heavy atom. The van der Waals surface area contributed by atoms with Crippen molar-refractivity contribution in [2.24, 2.45) is 0 Å². The van der Waals surface area contributed by atoms with Crippen molar-refractivity contribution in [2.45, 2.75) is 82.5 Å². The van der Waals surface area contributed by atoms with E-state index in [4.69, 9.17) is 18.9 Å². The van der Waals surface area contributed by atoms with Crippen LogP contribution in [0.15, 0.2) is 0 Å². The Morgan fingerprint density at radius 2 is 1.07 bits per heavy atom. The number of hydrogen-bond donors (Lipinski definition) is 0. The minimum Gasteiger partial charge on any atom is -0.348 e. The lowest BCUT2D eigenvalue weighted by Crippen LogP contribution is -2.50. The molecular formula is C21H34N2O6. The molecule has 0 saturated carbocycles. The second kappa shape index (κ2) is 10.2. The highest BCUT2D eigenvalue weighted by atomic mass is 16.7. The summed E-state index contributed by atoms with van der Waals surface area (Å²) in [6.07, 6.45) is 6.85. The van der Waals surface area contributed by atoms with E-state index in [1.54, 1.807) is 0 Å². The lowest BCUT2D eigenvalue weighted by molar-refractivity contribution is -0.152. The predicted octanol–water partition coefficient (Wildman–Crippen LogP) is 1.66. The highest BCUT2D eigenvalue weighted by Gasteiger charge is 2.37. The minimum absolute atomic E-state index is 0.0117.